The van der Waals surface area contributed by atoms with E-state index < -0.39 is 5.97 Å². The van der Waals surface area contributed by atoms with Gasteiger partial charge in [-0.3, -0.25) is 4.79 Å². The molecule has 1 aliphatic rings. The lowest BCUT2D eigenvalue weighted by molar-refractivity contribution is 0.0600. The van der Waals surface area contributed by atoms with E-state index in [2.05, 4.69) is 20.7 Å². The monoisotopic (exact) mass is 304 g/mol. The van der Waals surface area contributed by atoms with Gasteiger partial charge in [0.05, 0.1) is 12.7 Å². The molecule has 0 unspecified atom stereocenters. The van der Waals surface area contributed by atoms with E-state index in [1.165, 1.54) is 7.11 Å². The quantitative estimate of drug-likeness (QED) is 0.749. The Morgan fingerprint density at radius 1 is 1.38 bits per heavy atom. The van der Waals surface area contributed by atoms with E-state index in [4.69, 9.17) is 0 Å². The maximum Gasteiger partial charge on any atom is 0.337 e. The molecule has 0 heterocycles. The molecular weight excluding hydrogens is 295 g/mol. The zero-order valence-electron chi connectivity index (χ0n) is 8.58. The van der Waals surface area contributed by atoms with Crippen LogP contribution in [0.1, 0.15) is 32.7 Å². The van der Waals surface area contributed by atoms with Gasteiger partial charge in [0.2, 0.25) is 0 Å². The highest BCUT2D eigenvalue weighted by Gasteiger charge is 2.23. The summed E-state index contributed by atoms with van der Waals surface area (Å²) in [6.07, 6.45) is 1.27. The van der Waals surface area contributed by atoms with E-state index in [1.807, 2.05) is 0 Å². The molecule has 2 rings (SSSR count). The molecule has 0 saturated carbocycles. The van der Waals surface area contributed by atoms with Gasteiger partial charge in [0.25, 0.3) is 0 Å². The fourth-order valence-electron chi connectivity index (χ4n) is 1.75. The second-order valence-electron chi connectivity index (χ2n) is 3.40. The van der Waals surface area contributed by atoms with E-state index in [9.17, 15) is 9.59 Å². The van der Waals surface area contributed by atoms with E-state index in [1.54, 1.807) is 12.1 Å². The molecule has 16 heavy (non-hydrogen) atoms. The lowest BCUT2D eigenvalue weighted by Crippen LogP contribution is -2.03. The number of benzene rings is 1. The van der Waals surface area contributed by atoms with Gasteiger partial charge in [-0.2, -0.15) is 0 Å². The molecule has 86 valence electrons. The minimum atomic E-state index is -0.418. The molecule has 0 aliphatic heterocycles. The predicted octanol–water partition coefficient (Wildman–Crippen LogP) is 2.79. The molecule has 0 N–H and O–H groups in total. The summed E-state index contributed by atoms with van der Waals surface area (Å²) in [5.74, 6) is -0.324. The second kappa shape index (κ2) is 4.97. The summed E-state index contributed by atoms with van der Waals surface area (Å²) in [5, 5.41) is 0. The Hall–Kier alpha value is -0.870. The Labute approximate surface area is 108 Å². The molecule has 0 saturated heterocycles. The van der Waals surface area contributed by atoms with Gasteiger partial charge in [0.15, 0.2) is 5.78 Å². The number of halogens is 2. The first-order valence-electron chi connectivity index (χ1n) is 4.57. The lowest BCUT2D eigenvalue weighted by Gasteiger charge is -2.05. The number of carbonyl (C=O) groups excluding carboxylic acids is 2. The number of hydrogen-bond donors (Lipinski definition) is 0. The summed E-state index contributed by atoms with van der Waals surface area (Å²) >= 11 is 3.36. The lowest BCUT2D eigenvalue weighted by atomic mass is 10.1. The van der Waals surface area contributed by atoms with Gasteiger partial charge in [0.1, 0.15) is 0 Å². The highest BCUT2D eigenvalue weighted by molar-refractivity contribution is 9.10. The number of esters is 1. The van der Waals surface area contributed by atoms with Crippen LogP contribution in [0.5, 0.6) is 0 Å². The summed E-state index contributed by atoms with van der Waals surface area (Å²) in [4.78, 5) is 22.8. The molecule has 0 bridgehead atoms. The van der Waals surface area contributed by atoms with Gasteiger partial charge < -0.3 is 4.74 Å². The zero-order chi connectivity index (χ0) is 11.0. The van der Waals surface area contributed by atoms with Crippen molar-refractivity contribution in [2.75, 3.05) is 7.11 Å². The van der Waals surface area contributed by atoms with Crippen molar-refractivity contribution >= 4 is 40.1 Å². The van der Waals surface area contributed by atoms with Crippen molar-refractivity contribution in [2.45, 2.75) is 12.8 Å². The highest BCUT2D eigenvalue weighted by Crippen LogP contribution is 2.30. The second-order valence-corrected chi connectivity index (χ2v) is 4.25. The van der Waals surface area contributed by atoms with Gasteiger partial charge in [-0.15, -0.1) is 12.4 Å². The van der Waals surface area contributed by atoms with E-state index in [0.717, 1.165) is 16.5 Å². The normalized spacial score (nSPS) is 13.0. The van der Waals surface area contributed by atoms with Gasteiger partial charge >= 0.3 is 5.97 Å². The Kier molecular flexibility index (Phi) is 4.10. The first kappa shape index (κ1) is 13.2. The van der Waals surface area contributed by atoms with Crippen LogP contribution in [0, 0.1) is 0 Å². The molecule has 1 aromatic carbocycles. The Morgan fingerprint density at radius 2 is 2.06 bits per heavy atom. The van der Waals surface area contributed by atoms with Crippen molar-refractivity contribution in [1.29, 1.82) is 0 Å². The maximum absolute atomic E-state index is 11.5. The van der Waals surface area contributed by atoms with Crippen LogP contribution in [-0.2, 0) is 11.2 Å². The zero-order valence-corrected chi connectivity index (χ0v) is 11.0. The summed E-state index contributed by atoms with van der Waals surface area (Å²) in [5.41, 5.74) is 2.05. The number of carbonyl (C=O) groups is 2. The largest absolute Gasteiger partial charge is 0.465 e. The minimum absolute atomic E-state index is 0. The van der Waals surface area contributed by atoms with Gasteiger partial charge in [0, 0.05) is 16.5 Å². The van der Waals surface area contributed by atoms with Crippen molar-refractivity contribution in [3.8, 4) is 0 Å². The topological polar surface area (TPSA) is 43.4 Å². The number of methoxy groups -OCH3 is 1. The first-order chi connectivity index (χ1) is 7.13. The van der Waals surface area contributed by atoms with Crippen LogP contribution in [0.3, 0.4) is 0 Å². The summed E-state index contributed by atoms with van der Waals surface area (Å²) in [7, 11) is 1.32. The van der Waals surface area contributed by atoms with Gasteiger partial charge in [-0.25, -0.2) is 4.79 Å². The fourth-order valence-corrected chi connectivity index (χ4v) is 2.41. The molecule has 3 nitrogen and oxygen atoms in total. The summed E-state index contributed by atoms with van der Waals surface area (Å²) in [6, 6.07) is 3.31. The van der Waals surface area contributed by atoms with E-state index >= 15 is 0 Å². The molecule has 5 heteroatoms. The van der Waals surface area contributed by atoms with Crippen molar-refractivity contribution in [3.05, 3.63) is 33.3 Å². The van der Waals surface area contributed by atoms with Crippen LogP contribution in [0.4, 0.5) is 0 Å². The maximum atomic E-state index is 11.5. The average molecular weight is 306 g/mol. The van der Waals surface area contributed by atoms with Crippen LogP contribution in [-0.4, -0.2) is 18.9 Å². The van der Waals surface area contributed by atoms with Crippen molar-refractivity contribution in [1.82, 2.24) is 0 Å². The molecule has 0 amide bonds. The van der Waals surface area contributed by atoms with Gasteiger partial charge in [-0.1, -0.05) is 15.9 Å². The van der Waals surface area contributed by atoms with Crippen molar-refractivity contribution in [2.24, 2.45) is 0 Å². The Balaban J connectivity index is 0.00000128. The molecule has 0 fully saturated rings. The van der Waals surface area contributed by atoms with Crippen LogP contribution >= 0.6 is 28.3 Å². The molecule has 1 aliphatic carbocycles. The van der Waals surface area contributed by atoms with Crippen LogP contribution < -0.4 is 0 Å². The Bertz CT molecular complexity index is 457. The van der Waals surface area contributed by atoms with Crippen LogP contribution in [0.25, 0.3) is 0 Å². The molecular formula is C11H10BrClO3. The molecule has 0 atom stereocenters. The number of ether oxygens (including phenoxy) is 1. The fraction of sp³-hybridized carbons (Fsp3) is 0.273. The van der Waals surface area contributed by atoms with Crippen molar-refractivity contribution in [3.63, 3.8) is 0 Å². The SMILES string of the molecule is COC(=O)c1cc(Br)c2c(c1)C(=O)CC2.Cl. The molecule has 0 aromatic heterocycles. The van der Waals surface area contributed by atoms with E-state index in [0.29, 0.717) is 17.5 Å². The third-order valence-corrected chi connectivity index (χ3v) is 3.23. The van der Waals surface area contributed by atoms with E-state index in [-0.39, 0.29) is 18.2 Å². The number of rotatable bonds is 1. The summed E-state index contributed by atoms with van der Waals surface area (Å²) < 4.78 is 5.43. The number of ketones is 1. The number of Topliss-reactive ketones (excluding diaryl/α,β-unsaturated/α-hetero) is 1. The van der Waals surface area contributed by atoms with Gasteiger partial charge in [-0.05, 0) is 24.1 Å². The highest BCUT2D eigenvalue weighted by atomic mass is 79.9. The Morgan fingerprint density at radius 3 is 2.69 bits per heavy atom. The molecule has 0 spiro atoms. The summed E-state index contributed by atoms with van der Waals surface area (Å²) in [6.45, 7) is 0. The van der Waals surface area contributed by atoms with Crippen molar-refractivity contribution < 1.29 is 14.3 Å². The minimum Gasteiger partial charge on any atom is -0.465 e. The van der Waals surface area contributed by atoms with Crippen LogP contribution in [0.15, 0.2) is 16.6 Å². The molecule has 0 radical (unpaired) electrons. The smallest absolute Gasteiger partial charge is 0.337 e. The number of hydrogen-bond acceptors (Lipinski definition) is 3. The molecule has 1 aromatic rings. The predicted molar refractivity (Wildman–Crippen MR) is 65.4 cm³/mol. The average Bonchev–Trinajstić information content (AvgIpc) is 2.60. The third-order valence-electron chi connectivity index (χ3n) is 2.52. The standard InChI is InChI=1S/C11H9BrO3.ClH/c1-15-11(14)6-4-8-7(9(12)5-6)2-3-10(8)13;/h4-5H,2-3H2,1H3;1H. The van der Waals surface area contributed by atoms with Crippen LogP contribution in [0.2, 0.25) is 0 Å². The third kappa shape index (κ3) is 2.13. The number of fused-ring (bicyclic) bond motifs is 1. The first-order valence-corrected chi connectivity index (χ1v) is 5.36.